The third-order valence-corrected chi connectivity index (χ3v) is 14.0. The molecule has 0 saturated heterocycles. The highest BCUT2D eigenvalue weighted by Crippen LogP contribution is 2.50. The number of sulfonamides is 1. The molecule has 0 saturated carbocycles. The van der Waals surface area contributed by atoms with Gasteiger partial charge in [-0.25, -0.2) is 22.3 Å². The first kappa shape index (κ1) is 45.1. The van der Waals surface area contributed by atoms with E-state index >= 15 is 4.79 Å². The van der Waals surface area contributed by atoms with E-state index < -0.39 is 41.9 Å². The third-order valence-electron chi connectivity index (χ3n) is 10.7. The van der Waals surface area contributed by atoms with Crippen LogP contribution in [0.2, 0.25) is 29.7 Å². The fraction of sp³-hybridized carbons (Fsp3) is 0.386. The molecule has 0 aromatic heterocycles. The maximum Gasteiger partial charge on any atom is 0.407 e. The zero-order valence-electron chi connectivity index (χ0n) is 34.7. The molecule has 12 nitrogen and oxygen atoms in total. The lowest BCUT2D eigenvalue weighted by Gasteiger charge is -2.36. The van der Waals surface area contributed by atoms with Gasteiger partial charge in [-0.05, 0) is 106 Å². The summed E-state index contributed by atoms with van der Waals surface area (Å²) in [7, 11) is -6.64. The molecule has 60 heavy (non-hydrogen) atoms. The lowest BCUT2D eigenvalue weighted by molar-refractivity contribution is -0.122. The number of unbranched alkanes of at least 4 members (excludes halogenated alkanes) is 1. The minimum absolute atomic E-state index is 0.0870. The lowest BCUT2D eigenvalue weighted by Crippen LogP contribution is -2.57. The van der Waals surface area contributed by atoms with Gasteiger partial charge in [0.15, 0.2) is 13.9 Å². The molecule has 0 fully saturated rings. The maximum atomic E-state index is 15.5. The smallest absolute Gasteiger partial charge is 0.407 e. The topological polar surface area (TPSA) is 138 Å². The van der Waals surface area contributed by atoms with E-state index in [2.05, 4.69) is 30.3 Å². The number of urea groups is 1. The van der Waals surface area contributed by atoms with Crippen LogP contribution in [0.5, 0.6) is 0 Å². The van der Waals surface area contributed by atoms with Gasteiger partial charge in [-0.3, -0.25) is 15.0 Å². The first-order chi connectivity index (χ1) is 28.6. The highest BCUT2D eigenvalue weighted by atomic mass is 35.5. The molecule has 4 aromatic carbocycles. The fourth-order valence-electron chi connectivity index (χ4n) is 7.69. The Balaban J connectivity index is 1.31. The second-order valence-electron chi connectivity index (χ2n) is 15.9. The molecule has 0 radical (unpaired) electrons. The van der Waals surface area contributed by atoms with Gasteiger partial charge < -0.3 is 19.4 Å². The zero-order valence-corrected chi connectivity index (χ0v) is 38.0. The first-order valence-electron chi connectivity index (χ1n) is 20.3. The molecule has 2 heterocycles. The van der Waals surface area contributed by atoms with E-state index in [0.29, 0.717) is 79.3 Å². The van der Waals surface area contributed by atoms with Gasteiger partial charge >= 0.3 is 12.1 Å². The summed E-state index contributed by atoms with van der Waals surface area (Å²) in [6.45, 7) is 12.3. The second kappa shape index (κ2) is 19.1. The number of carbonyl (C=O) groups is 3. The van der Waals surface area contributed by atoms with E-state index in [4.69, 9.17) is 32.4 Å². The van der Waals surface area contributed by atoms with Crippen molar-refractivity contribution < 1.29 is 32.0 Å². The summed E-state index contributed by atoms with van der Waals surface area (Å²) >= 11 is 13.6. The number of alkyl carbamates (subject to hydrolysis) is 1. The highest BCUT2D eigenvalue weighted by molar-refractivity contribution is 7.93. The van der Waals surface area contributed by atoms with E-state index in [1.165, 1.54) is 6.07 Å². The minimum atomic E-state index is -4.55. The average molecular weight is 895 g/mol. The summed E-state index contributed by atoms with van der Waals surface area (Å²) in [5, 5.41) is 6.96. The number of benzene rings is 4. The Morgan fingerprint density at radius 2 is 1.60 bits per heavy atom. The fourth-order valence-corrected chi connectivity index (χ4v) is 10.4. The lowest BCUT2D eigenvalue weighted by atomic mass is 9.82. The molecule has 0 aliphatic carbocycles. The summed E-state index contributed by atoms with van der Waals surface area (Å²) < 4.78 is 42.5. The summed E-state index contributed by atoms with van der Waals surface area (Å²) in [5.41, 5.74) is 1.24. The van der Waals surface area contributed by atoms with Crippen molar-refractivity contribution in [3.63, 3.8) is 0 Å². The number of nitrogens with one attached hydrogen (secondary N) is 2. The molecule has 0 bridgehead atoms. The van der Waals surface area contributed by atoms with Crippen molar-refractivity contribution in [3.8, 4) is 0 Å². The summed E-state index contributed by atoms with van der Waals surface area (Å²) in [6, 6.07) is 25.0. The van der Waals surface area contributed by atoms with E-state index in [0.717, 1.165) is 9.87 Å². The van der Waals surface area contributed by atoms with E-state index in [1.54, 1.807) is 64.4 Å². The molecule has 2 aliphatic rings. The van der Waals surface area contributed by atoms with Crippen molar-refractivity contribution in [2.45, 2.75) is 82.3 Å². The van der Waals surface area contributed by atoms with Crippen molar-refractivity contribution >= 4 is 70.9 Å². The normalized spacial score (nSPS) is 16.7. The van der Waals surface area contributed by atoms with Gasteiger partial charge in [-0.15, -0.1) is 0 Å². The molecule has 2 aliphatic heterocycles. The van der Waals surface area contributed by atoms with Crippen LogP contribution in [0, 0.1) is 0 Å². The van der Waals surface area contributed by atoms with Crippen LogP contribution >= 0.6 is 23.2 Å². The van der Waals surface area contributed by atoms with Crippen molar-refractivity contribution in [2.24, 2.45) is 0 Å². The summed E-state index contributed by atoms with van der Waals surface area (Å²) in [4.78, 5) is 44.5. The van der Waals surface area contributed by atoms with E-state index in [-0.39, 0.29) is 34.9 Å². The Bertz CT molecular complexity index is 2310. The van der Waals surface area contributed by atoms with Gasteiger partial charge in [0.1, 0.15) is 6.61 Å². The Labute approximate surface area is 364 Å². The number of rotatable bonds is 17. The van der Waals surface area contributed by atoms with Crippen LogP contribution in [-0.4, -0.2) is 78.5 Å². The van der Waals surface area contributed by atoms with Gasteiger partial charge in [0.25, 0.3) is 15.9 Å². The number of amides is 4. The third kappa shape index (κ3) is 9.69. The summed E-state index contributed by atoms with van der Waals surface area (Å²) in [5.74, 6) is -0.771. The quantitative estimate of drug-likeness (QED) is 0.0794. The number of hydrogen-bond donors (Lipinski definition) is 2. The maximum absolute atomic E-state index is 15.5. The van der Waals surface area contributed by atoms with Crippen LogP contribution in [0.1, 0.15) is 55.4 Å². The Morgan fingerprint density at radius 1 is 0.900 bits per heavy atom. The van der Waals surface area contributed by atoms with Gasteiger partial charge in [0, 0.05) is 65.7 Å². The molecule has 4 amide bonds. The van der Waals surface area contributed by atoms with Crippen molar-refractivity contribution in [1.29, 1.82) is 0 Å². The second-order valence-corrected chi connectivity index (χ2v) is 23.0. The van der Waals surface area contributed by atoms with Crippen LogP contribution in [0.3, 0.4) is 0 Å². The van der Waals surface area contributed by atoms with Gasteiger partial charge in [-0.1, -0.05) is 78.2 Å². The predicted molar refractivity (Wildman–Crippen MR) is 239 cm³/mol. The summed E-state index contributed by atoms with van der Waals surface area (Å²) in [6.07, 6.45) is 1.65. The molecule has 1 unspecified atom stereocenters. The monoisotopic (exact) mass is 893 g/mol. The molecule has 4 aromatic rings. The molecule has 2 N–H and O–H groups in total. The SMILES string of the molecule is CCN(CC)C(=O)N1CCc2cc(S(=O)(=O)N3C(=O)C(N[C@@H](CCCCNC(=O)OCc4ccccc4)CO[Si](C)(C)C)(c4ccccc4Cl)c4cc(Cl)ccc43)ccc21. The number of nitrogens with zero attached hydrogens (tertiary/aromatic N) is 3. The van der Waals surface area contributed by atoms with Crippen LogP contribution in [0.15, 0.2) is 95.9 Å². The highest BCUT2D eigenvalue weighted by Gasteiger charge is 2.57. The molecule has 16 heteroatoms. The van der Waals surface area contributed by atoms with E-state index in [1.807, 2.05) is 44.2 Å². The average Bonchev–Trinajstić information content (AvgIpc) is 3.75. The number of carbonyl (C=O) groups excluding carboxylic acids is 3. The number of anilines is 2. The van der Waals surface area contributed by atoms with Crippen molar-refractivity contribution in [3.05, 3.63) is 123 Å². The van der Waals surface area contributed by atoms with Gasteiger partial charge in [0.2, 0.25) is 0 Å². The van der Waals surface area contributed by atoms with Gasteiger partial charge in [-0.2, -0.15) is 0 Å². The molecule has 0 spiro atoms. The van der Waals surface area contributed by atoms with Crippen LogP contribution in [-0.2, 0) is 42.5 Å². The largest absolute Gasteiger partial charge is 0.445 e. The Hall–Kier alpha value is -4.44. The Morgan fingerprint density at radius 3 is 2.30 bits per heavy atom. The van der Waals surface area contributed by atoms with Gasteiger partial charge in [0.05, 0.1) is 10.6 Å². The van der Waals surface area contributed by atoms with Crippen LogP contribution in [0.25, 0.3) is 0 Å². The molecule has 2 atom stereocenters. The standard InChI is InChI=1S/C44H53Cl2N5O7SSi/c1-6-49(7-2)43(54)50-26-24-32-27-35(21-23-39(32)50)59(55,56)51-40-22-20-33(45)28-37(40)44(41(51)52,36-18-11-12-19-38(36)46)48-34(30-58-60(3,4)5)17-13-14-25-47-42(53)57-29-31-15-9-8-10-16-31/h8-12,15-16,18-23,27-28,34,48H,6-7,13-14,17,24-26,29-30H2,1-5H3,(H,47,53)/t34-,44?/m0/s1. The van der Waals surface area contributed by atoms with Crippen LogP contribution < -0.4 is 19.8 Å². The number of fused-ring (bicyclic) bond motifs is 2. The first-order valence-corrected chi connectivity index (χ1v) is 25.9. The number of hydrogen-bond acceptors (Lipinski definition) is 8. The van der Waals surface area contributed by atoms with Crippen LogP contribution in [0.4, 0.5) is 21.0 Å². The number of halogens is 2. The Kier molecular flexibility index (Phi) is 14.3. The van der Waals surface area contributed by atoms with Crippen molar-refractivity contribution in [1.82, 2.24) is 15.5 Å². The molecule has 320 valence electrons. The van der Waals surface area contributed by atoms with Crippen molar-refractivity contribution in [2.75, 3.05) is 42.0 Å². The number of ether oxygens (including phenoxy) is 1. The molecular formula is C44H53Cl2N5O7SSi. The van der Waals surface area contributed by atoms with E-state index in [9.17, 15) is 18.0 Å². The zero-order chi connectivity index (χ0) is 43.2. The predicted octanol–water partition coefficient (Wildman–Crippen LogP) is 8.70. The molecule has 6 rings (SSSR count). The minimum Gasteiger partial charge on any atom is -0.445 e. The molecular weight excluding hydrogens is 842 g/mol.